The number of ether oxygens (including phenoxy) is 3. The van der Waals surface area contributed by atoms with Crippen molar-refractivity contribution in [2.24, 2.45) is 0 Å². The maximum absolute atomic E-state index is 5.51. The standard InChI is InChI=1S/C15H33NO3/c1-4-6-9-17-11-13-19-14-12-18-10-7-8-15(3)16-5-2/h15-16H,4-14H2,1-3H3. The molecule has 0 spiro atoms. The van der Waals surface area contributed by atoms with Crippen molar-refractivity contribution in [3.63, 3.8) is 0 Å². The number of unbranched alkanes of at least 4 members (excludes halogenated alkanes) is 1. The van der Waals surface area contributed by atoms with E-state index in [4.69, 9.17) is 14.2 Å². The molecule has 0 aromatic carbocycles. The van der Waals surface area contributed by atoms with E-state index in [1.54, 1.807) is 0 Å². The van der Waals surface area contributed by atoms with Gasteiger partial charge in [-0.05, 0) is 32.7 Å². The first-order valence-electron chi connectivity index (χ1n) is 7.77. The Morgan fingerprint density at radius 1 is 0.789 bits per heavy atom. The maximum atomic E-state index is 5.51. The molecule has 0 bridgehead atoms. The number of hydrogen-bond donors (Lipinski definition) is 1. The lowest BCUT2D eigenvalue weighted by molar-refractivity contribution is 0.0132. The van der Waals surface area contributed by atoms with Crippen molar-refractivity contribution < 1.29 is 14.2 Å². The zero-order chi connectivity index (χ0) is 14.2. The van der Waals surface area contributed by atoms with Crippen LogP contribution in [-0.4, -0.2) is 52.2 Å². The lowest BCUT2D eigenvalue weighted by Gasteiger charge is -2.11. The Morgan fingerprint density at radius 3 is 1.84 bits per heavy atom. The van der Waals surface area contributed by atoms with Gasteiger partial charge < -0.3 is 19.5 Å². The lowest BCUT2D eigenvalue weighted by atomic mass is 10.2. The van der Waals surface area contributed by atoms with Crippen molar-refractivity contribution in [2.45, 2.75) is 52.5 Å². The van der Waals surface area contributed by atoms with E-state index >= 15 is 0 Å². The number of rotatable bonds is 15. The topological polar surface area (TPSA) is 39.7 Å². The molecule has 0 aliphatic carbocycles. The van der Waals surface area contributed by atoms with Crippen molar-refractivity contribution in [1.29, 1.82) is 0 Å². The Morgan fingerprint density at radius 2 is 1.32 bits per heavy atom. The van der Waals surface area contributed by atoms with Crippen LogP contribution in [0.3, 0.4) is 0 Å². The quantitative estimate of drug-likeness (QED) is 0.466. The first-order chi connectivity index (χ1) is 9.31. The fraction of sp³-hybridized carbons (Fsp3) is 1.00. The molecule has 0 heterocycles. The van der Waals surface area contributed by atoms with Gasteiger partial charge in [0.1, 0.15) is 0 Å². The monoisotopic (exact) mass is 275 g/mol. The zero-order valence-corrected chi connectivity index (χ0v) is 13.1. The van der Waals surface area contributed by atoms with Gasteiger partial charge >= 0.3 is 0 Å². The zero-order valence-electron chi connectivity index (χ0n) is 13.1. The average Bonchev–Trinajstić information content (AvgIpc) is 2.40. The minimum absolute atomic E-state index is 0.588. The molecular formula is C15H33NO3. The highest BCUT2D eigenvalue weighted by Gasteiger charge is 1.98. The second-order valence-corrected chi connectivity index (χ2v) is 4.79. The molecule has 1 unspecified atom stereocenters. The highest BCUT2D eigenvalue weighted by molar-refractivity contribution is 4.58. The minimum Gasteiger partial charge on any atom is -0.379 e. The van der Waals surface area contributed by atoms with E-state index in [2.05, 4.69) is 26.1 Å². The number of hydrogen-bond acceptors (Lipinski definition) is 4. The van der Waals surface area contributed by atoms with Crippen molar-refractivity contribution in [1.82, 2.24) is 5.32 Å². The molecular weight excluding hydrogens is 242 g/mol. The molecule has 0 aliphatic heterocycles. The van der Waals surface area contributed by atoms with Gasteiger partial charge in [0.2, 0.25) is 0 Å². The molecule has 1 N–H and O–H groups in total. The fourth-order valence-corrected chi connectivity index (χ4v) is 1.73. The molecule has 1 atom stereocenters. The molecule has 0 saturated carbocycles. The van der Waals surface area contributed by atoms with Gasteiger partial charge in [-0.15, -0.1) is 0 Å². The third-order valence-electron chi connectivity index (χ3n) is 2.86. The van der Waals surface area contributed by atoms with Crippen LogP contribution < -0.4 is 5.32 Å². The van der Waals surface area contributed by atoms with Crippen LogP contribution >= 0.6 is 0 Å². The summed E-state index contributed by atoms with van der Waals surface area (Å²) in [6.45, 7) is 11.9. The second kappa shape index (κ2) is 15.9. The van der Waals surface area contributed by atoms with E-state index in [0.717, 1.165) is 32.6 Å². The summed E-state index contributed by atoms with van der Waals surface area (Å²) >= 11 is 0. The van der Waals surface area contributed by atoms with Crippen LogP contribution in [0.25, 0.3) is 0 Å². The lowest BCUT2D eigenvalue weighted by Crippen LogP contribution is -2.25. The molecule has 19 heavy (non-hydrogen) atoms. The first kappa shape index (κ1) is 18.8. The Bertz CT molecular complexity index is 167. The Labute approximate surface area is 119 Å². The van der Waals surface area contributed by atoms with Gasteiger partial charge in [0.15, 0.2) is 0 Å². The fourth-order valence-electron chi connectivity index (χ4n) is 1.73. The molecule has 0 amide bonds. The van der Waals surface area contributed by atoms with E-state index in [9.17, 15) is 0 Å². The highest BCUT2D eigenvalue weighted by atomic mass is 16.5. The molecule has 116 valence electrons. The largest absolute Gasteiger partial charge is 0.379 e. The summed E-state index contributed by atoms with van der Waals surface area (Å²) in [5, 5.41) is 3.39. The predicted octanol–water partition coefficient (Wildman–Crippen LogP) is 2.61. The number of nitrogens with one attached hydrogen (secondary N) is 1. The summed E-state index contributed by atoms with van der Waals surface area (Å²) in [4.78, 5) is 0. The minimum atomic E-state index is 0.588. The summed E-state index contributed by atoms with van der Waals surface area (Å²) in [6, 6.07) is 0.588. The Balaban J connectivity index is 2.99. The van der Waals surface area contributed by atoms with E-state index in [-0.39, 0.29) is 0 Å². The summed E-state index contributed by atoms with van der Waals surface area (Å²) in [5.41, 5.74) is 0. The molecule has 0 rings (SSSR count). The molecule has 0 radical (unpaired) electrons. The Hall–Kier alpha value is -0.160. The summed E-state index contributed by atoms with van der Waals surface area (Å²) < 4.78 is 16.3. The second-order valence-electron chi connectivity index (χ2n) is 4.79. The molecule has 0 aliphatic rings. The van der Waals surface area contributed by atoms with E-state index in [0.29, 0.717) is 32.5 Å². The summed E-state index contributed by atoms with van der Waals surface area (Å²) in [5.74, 6) is 0. The summed E-state index contributed by atoms with van der Waals surface area (Å²) in [7, 11) is 0. The van der Waals surface area contributed by atoms with Crippen LogP contribution in [0.5, 0.6) is 0 Å². The average molecular weight is 275 g/mol. The van der Waals surface area contributed by atoms with Crippen LogP contribution in [0.15, 0.2) is 0 Å². The van der Waals surface area contributed by atoms with Crippen molar-refractivity contribution in [3.8, 4) is 0 Å². The maximum Gasteiger partial charge on any atom is 0.0701 e. The first-order valence-corrected chi connectivity index (χ1v) is 7.77. The van der Waals surface area contributed by atoms with Gasteiger partial charge in [0.25, 0.3) is 0 Å². The van der Waals surface area contributed by atoms with E-state index in [1.807, 2.05) is 0 Å². The molecule has 4 heteroatoms. The van der Waals surface area contributed by atoms with Gasteiger partial charge in [-0.2, -0.15) is 0 Å². The Kier molecular flexibility index (Phi) is 15.8. The molecule has 0 fully saturated rings. The van der Waals surface area contributed by atoms with Gasteiger partial charge in [0, 0.05) is 19.3 Å². The van der Waals surface area contributed by atoms with Gasteiger partial charge in [-0.1, -0.05) is 20.3 Å². The summed E-state index contributed by atoms with van der Waals surface area (Å²) in [6.07, 6.45) is 4.59. The third kappa shape index (κ3) is 15.8. The van der Waals surface area contributed by atoms with Crippen molar-refractivity contribution in [3.05, 3.63) is 0 Å². The van der Waals surface area contributed by atoms with Crippen LogP contribution in [0.1, 0.15) is 46.5 Å². The van der Waals surface area contributed by atoms with Crippen LogP contribution in [0, 0.1) is 0 Å². The molecule has 4 nitrogen and oxygen atoms in total. The van der Waals surface area contributed by atoms with Crippen molar-refractivity contribution in [2.75, 3.05) is 46.2 Å². The molecule has 0 aromatic heterocycles. The highest BCUT2D eigenvalue weighted by Crippen LogP contribution is 1.96. The molecule has 0 saturated heterocycles. The van der Waals surface area contributed by atoms with Crippen LogP contribution in [0.2, 0.25) is 0 Å². The van der Waals surface area contributed by atoms with Crippen molar-refractivity contribution >= 4 is 0 Å². The predicted molar refractivity (Wildman–Crippen MR) is 79.7 cm³/mol. The van der Waals surface area contributed by atoms with E-state index in [1.165, 1.54) is 12.8 Å². The SMILES string of the molecule is CCCCOCCOCCOCCCC(C)NCC. The normalized spacial score (nSPS) is 12.8. The van der Waals surface area contributed by atoms with Crippen LogP contribution in [0.4, 0.5) is 0 Å². The molecule has 0 aromatic rings. The third-order valence-corrected chi connectivity index (χ3v) is 2.86. The van der Waals surface area contributed by atoms with E-state index < -0.39 is 0 Å². The van der Waals surface area contributed by atoms with Gasteiger partial charge in [-0.3, -0.25) is 0 Å². The smallest absolute Gasteiger partial charge is 0.0701 e. The van der Waals surface area contributed by atoms with Gasteiger partial charge in [0.05, 0.1) is 26.4 Å². The van der Waals surface area contributed by atoms with Gasteiger partial charge in [-0.25, -0.2) is 0 Å². The van der Waals surface area contributed by atoms with Crippen LogP contribution in [-0.2, 0) is 14.2 Å².